The normalized spacial score (nSPS) is 11.4. The topological polar surface area (TPSA) is 158 Å². The number of carboxylic acid groups (broad SMARTS) is 2. The maximum atomic E-state index is 10.8. The number of methoxy groups -OCH3 is 2. The molecule has 0 aliphatic carbocycles. The second-order valence-corrected chi connectivity index (χ2v) is 11.2. The summed E-state index contributed by atoms with van der Waals surface area (Å²) in [4.78, 5) is 30.3. The van der Waals surface area contributed by atoms with E-state index in [1.54, 1.807) is 40.5 Å². The molecular weight excluding hydrogens is 679 g/mol. The van der Waals surface area contributed by atoms with Crippen LogP contribution in [-0.2, 0) is 31.6 Å². The third-order valence-electron chi connectivity index (χ3n) is 8.19. The Morgan fingerprint density at radius 3 is 1.24 bits per heavy atom. The fraction of sp³-hybridized carbons (Fsp3) is 0.150. The van der Waals surface area contributed by atoms with E-state index in [9.17, 15) is 19.8 Å². The summed E-state index contributed by atoms with van der Waals surface area (Å²) >= 11 is 0. The standard InChI is InChI=1S/2C14H14O3.C12H8N2.Ni.H2O/c2*1-9(14(15)16)10-3-4-12-8-13(17-2)6-5-11(12)7-10;1-3-9-5-6-10-4-2-8-14-12(10)11(9)13-7-1;;/h2*3-9H,1-2H3,(H,15,16);1-8H;;1H2/q;;;+2;/p-1/t2*9-;;;/m00.../s1. The van der Waals surface area contributed by atoms with Crippen molar-refractivity contribution in [3.05, 3.63) is 133 Å². The molecule has 0 fully saturated rings. The van der Waals surface area contributed by atoms with Gasteiger partial charge < -0.3 is 34.8 Å². The number of aromatic nitrogens is 2. The van der Waals surface area contributed by atoms with Crippen molar-refractivity contribution in [2.75, 3.05) is 14.2 Å². The first kappa shape index (κ1) is 38.9. The number of aliphatic carboxylic acids is 2. The van der Waals surface area contributed by atoms with Gasteiger partial charge in [-0.2, -0.15) is 0 Å². The molecular formula is C40H37N2NiO7+. The van der Waals surface area contributed by atoms with E-state index in [2.05, 4.69) is 34.2 Å². The van der Waals surface area contributed by atoms with E-state index in [-0.39, 0.29) is 22.0 Å². The predicted molar refractivity (Wildman–Crippen MR) is 190 cm³/mol. The number of pyridine rings is 2. The Kier molecular flexibility index (Phi) is 13.8. The summed E-state index contributed by atoms with van der Waals surface area (Å²) in [6.45, 7) is 3.25. The zero-order valence-electron chi connectivity index (χ0n) is 27.9. The summed E-state index contributed by atoms with van der Waals surface area (Å²) in [6.07, 6.45) is 3.60. The average molecular weight is 716 g/mol. The molecule has 3 N–H and O–H groups in total. The van der Waals surface area contributed by atoms with Crippen LogP contribution in [-0.4, -0.2) is 36.1 Å². The molecule has 0 amide bonds. The van der Waals surface area contributed by atoms with E-state index in [1.807, 2.05) is 84.9 Å². The van der Waals surface area contributed by atoms with Gasteiger partial charge in [0.25, 0.3) is 0 Å². The van der Waals surface area contributed by atoms with Gasteiger partial charge in [-0.05, 0) is 69.1 Å². The number of rotatable bonds is 6. The quantitative estimate of drug-likeness (QED) is 0.128. The number of benzene rings is 5. The first-order valence-corrected chi connectivity index (χ1v) is 15.3. The van der Waals surface area contributed by atoms with Gasteiger partial charge in [0.1, 0.15) is 11.5 Å². The third-order valence-corrected chi connectivity index (χ3v) is 8.19. The van der Waals surface area contributed by atoms with Crippen LogP contribution in [0.2, 0.25) is 0 Å². The van der Waals surface area contributed by atoms with E-state index in [4.69, 9.17) is 9.47 Å². The van der Waals surface area contributed by atoms with Crippen LogP contribution in [0.15, 0.2) is 122 Å². The second kappa shape index (κ2) is 17.7. The maximum Gasteiger partial charge on any atom is 2.00 e. The Balaban J connectivity index is 0.000000200. The Hall–Kier alpha value is -5.57. The summed E-state index contributed by atoms with van der Waals surface area (Å²) in [5, 5.41) is 27.9. The summed E-state index contributed by atoms with van der Waals surface area (Å²) in [6, 6.07) is 34.7. The van der Waals surface area contributed by atoms with Crippen LogP contribution in [0.5, 0.6) is 11.5 Å². The number of carboxylic acids is 2. The van der Waals surface area contributed by atoms with Crippen LogP contribution in [0, 0.1) is 0 Å². The monoisotopic (exact) mass is 715 g/mol. The first-order valence-electron chi connectivity index (χ1n) is 15.3. The van der Waals surface area contributed by atoms with Crippen molar-refractivity contribution in [2.45, 2.75) is 25.7 Å². The van der Waals surface area contributed by atoms with Gasteiger partial charge in [0, 0.05) is 46.9 Å². The van der Waals surface area contributed by atoms with Crippen molar-refractivity contribution in [3.63, 3.8) is 0 Å². The van der Waals surface area contributed by atoms with E-state index >= 15 is 0 Å². The molecule has 0 saturated heterocycles. The summed E-state index contributed by atoms with van der Waals surface area (Å²) < 4.78 is 10.3. The van der Waals surface area contributed by atoms with Gasteiger partial charge in [-0.3, -0.25) is 9.97 Å². The van der Waals surface area contributed by atoms with Gasteiger partial charge in [0.2, 0.25) is 0 Å². The van der Waals surface area contributed by atoms with E-state index in [0.29, 0.717) is 0 Å². The molecule has 0 spiro atoms. The number of carbonyl (C=O) groups excluding carboxylic acids is 2. The average Bonchev–Trinajstić information content (AvgIpc) is 3.13. The zero-order chi connectivity index (χ0) is 34.2. The van der Waals surface area contributed by atoms with Gasteiger partial charge in [-0.1, -0.05) is 86.6 Å². The van der Waals surface area contributed by atoms with E-state index in [0.717, 1.165) is 66.0 Å². The van der Waals surface area contributed by atoms with Gasteiger partial charge in [0.15, 0.2) is 0 Å². The van der Waals surface area contributed by atoms with Crippen molar-refractivity contribution in [2.24, 2.45) is 0 Å². The molecule has 9 nitrogen and oxygen atoms in total. The molecule has 50 heavy (non-hydrogen) atoms. The van der Waals surface area contributed by atoms with Crippen LogP contribution in [0.25, 0.3) is 43.4 Å². The molecule has 2 heterocycles. The molecule has 0 bridgehead atoms. The third kappa shape index (κ3) is 9.11. The van der Waals surface area contributed by atoms with Crippen LogP contribution in [0.1, 0.15) is 36.8 Å². The van der Waals surface area contributed by atoms with Gasteiger partial charge in [0.05, 0.1) is 25.3 Å². The van der Waals surface area contributed by atoms with Crippen molar-refractivity contribution >= 4 is 55.3 Å². The fourth-order valence-corrected chi connectivity index (χ4v) is 5.23. The van der Waals surface area contributed by atoms with Crippen molar-refractivity contribution < 1.29 is 51.2 Å². The van der Waals surface area contributed by atoms with Crippen LogP contribution >= 0.6 is 0 Å². The number of carbonyl (C=O) groups is 2. The van der Waals surface area contributed by atoms with E-state index < -0.39 is 23.8 Å². The molecule has 2 aromatic heterocycles. The Morgan fingerprint density at radius 2 is 0.880 bits per heavy atom. The molecule has 0 unspecified atom stereocenters. The summed E-state index contributed by atoms with van der Waals surface area (Å²) in [7, 11) is 3.24. The molecule has 0 aliphatic heterocycles. The van der Waals surface area contributed by atoms with E-state index in [1.165, 1.54) is 0 Å². The minimum Gasteiger partial charge on any atom is -0.550 e. The molecule has 10 heteroatoms. The molecule has 0 saturated carbocycles. The maximum absolute atomic E-state index is 10.8. The Bertz CT molecular complexity index is 2080. The minimum absolute atomic E-state index is 0. The zero-order valence-corrected chi connectivity index (χ0v) is 28.9. The molecule has 7 rings (SSSR count). The smallest absolute Gasteiger partial charge is 0.550 e. The van der Waals surface area contributed by atoms with Gasteiger partial charge >= 0.3 is 16.5 Å². The molecule has 0 radical (unpaired) electrons. The minimum atomic E-state index is -1.06. The van der Waals surface area contributed by atoms with Gasteiger partial charge in [-0.25, -0.2) is 0 Å². The first-order chi connectivity index (χ1) is 23.2. The van der Waals surface area contributed by atoms with Crippen LogP contribution in [0.4, 0.5) is 0 Å². The van der Waals surface area contributed by atoms with Crippen LogP contribution in [0.3, 0.4) is 0 Å². The number of hydrogen-bond acceptors (Lipinski definition) is 8. The molecule has 7 aromatic rings. The Morgan fingerprint density at radius 1 is 0.540 bits per heavy atom. The van der Waals surface area contributed by atoms with Crippen LogP contribution < -0.4 is 19.7 Å². The van der Waals surface area contributed by atoms with Crippen molar-refractivity contribution in [1.29, 1.82) is 0 Å². The number of fused-ring (bicyclic) bond motifs is 5. The SMILES string of the molecule is COc1ccc2cc([C@H](C)C(=O)[O-])ccc2c1.COc1ccc2cc([C@H](C)C(=O)[O-])ccc2c1.[Ni+2].[OH3+].c1cnc2c(c1)ccc1cccnc12. The molecule has 0 aliphatic rings. The summed E-state index contributed by atoms with van der Waals surface area (Å²) in [5.41, 5.74) is 3.46. The Labute approximate surface area is 299 Å². The van der Waals surface area contributed by atoms with Gasteiger partial charge in [-0.15, -0.1) is 0 Å². The molecule has 2 atom stereocenters. The molecule has 5 aromatic carbocycles. The number of hydrogen-bond donors (Lipinski definition) is 0. The second-order valence-electron chi connectivity index (χ2n) is 11.2. The van der Waals surface area contributed by atoms with Crippen molar-refractivity contribution in [1.82, 2.24) is 9.97 Å². The largest absolute Gasteiger partial charge is 2.00 e. The van der Waals surface area contributed by atoms with Crippen molar-refractivity contribution in [3.8, 4) is 11.5 Å². The summed E-state index contributed by atoms with van der Waals surface area (Å²) in [5.74, 6) is -1.73. The number of nitrogens with zero attached hydrogens (tertiary/aromatic N) is 2. The number of ether oxygens (including phenoxy) is 2. The molecule has 258 valence electrons. The fourth-order valence-electron chi connectivity index (χ4n) is 5.23. The predicted octanol–water partition coefficient (Wildman–Crippen LogP) is 5.26.